The van der Waals surface area contributed by atoms with Gasteiger partial charge in [0.25, 0.3) is 0 Å². The van der Waals surface area contributed by atoms with Gasteiger partial charge in [0.15, 0.2) is 0 Å². The van der Waals surface area contributed by atoms with E-state index < -0.39 is 5.82 Å². The predicted molar refractivity (Wildman–Crippen MR) is 89.7 cm³/mol. The zero-order chi connectivity index (χ0) is 16.7. The van der Waals surface area contributed by atoms with E-state index >= 15 is 0 Å². The molecule has 0 amide bonds. The maximum atomic E-state index is 13.9. The van der Waals surface area contributed by atoms with Crippen LogP contribution < -0.4 is 5.43 Å². The minimum Gasteiger partial charge on any atom is -0.275 e. The van der Waals surface area contributed by atoms with Crippen LogP contribution in [0.15, 0.2) is 52.5 Å². The van der Waals surface area contributed by atoms with Crippen molar-refractivity contribution in [1.82, 2.24) is 0 Å². The second kappa shape index (κ2) is 8.19. The van der Waals surface area contributed by atoms with E-state index in [9.17, 15) is 4.39 Å². The molecule has 7 heteroatoms. The first-order valence-electron chi connectivity index (χ1n) is 6.44. The third-order valence-electron chi connectivity index (χ3n) is 2.80. The largest absolute Gasteiger partial charge is 0.275 e. The number of nitriles is 2. The lowest BCUT2D eigenvalue weighted by Crippen LogP contribution is -1.97. The number of halogens is 2. The number of anilines is 1. The highest BCUT2D eigenvalue weighted by Crippen LogP contribution is 2.31. The number of thioether (sulfide) groups is 1. The molecule has 0 aliphatic carbocycles. The monoisotopic (exact) mass is 344 g/mol. The summed E-state index contributed by atoms with van der Waals surface area (Å²) in [7, 11) is 0. The van der Waals surface area contributed by atoms with Gasteiger partial charge in [-0.1, -0.05) is 35.9 Å². The van der Waals surface area contributed by atoms with Crippen molar-refractivity contribution < 1.29 is 4.39 Å². The molecule has 0 unspecified atom stereocenters. The fraction of sp³-hybridized carbons (Fsp3) is 0.0625. The van der Waals surface area contributed by atoms with Crippen LogP contribution in [0.25, 0.3) is 0 Å². The molecule has 23 heavy (non-hydrogen) atoms. The summed E-state index contributed by atoms with van der Waals surface area (Å²) >= 11 is 7.16. The van der Waals surface area contributed by atoms with Gasteiger partial charge in [0.2, 0.25) is 5.71 Å². The van der Waals surface area contributed by atoms with E-state index in [1.165, 1.54) is 17.8 Å². The number of para-hydroxylation sites is 1. The summed E-state index contributed by atoms with van der Waals surface area (Å²) in [5, 5.41) is 21.2. The average molecular weight is 345 g/mol. The molecule has 0 bridgehead atoms. The molecule has 114 valence electrons. The Labute approximate surface area is 142 Å². The van der Waals surface area contributed by atoms with Crippen LogP contribution in [0.2, 0.25) is 5.02 Å². The van der Waals surface area contributed by atoms with Crippen LogP contribution in [0.5, 0.6) is 0 Å². The SMILES string of the molecule is N#CC(C#N)=NNc1ccccc1SCc1cccc(Cl)c1F. The van der Waals surface area contributed by atoms with E-state index in [0.717, 1.165) is 4.90 Å². The Bertz CT molecular complexity index is 808. The minimum absolute atomic E-state index is 0.0896. The Kier molecular flexibility index (Phi) is 5.99. The Morgan fingerprint density at radius 3 is 2.65 bits per heavy atom. The topological polar surface area (TPSA) is 72.0 Å². The van der Waals surface area contributed by atoms with Crippen LogP contribution in [-0.2, 0) is 5.75 Å². The van der Waals surface area contributed by atoms with Gasteiger partial charge in [-0.3, -0.25) is 5.43 Å². The lowest BCUT2D eigenvalue weighted by Gasteiger charge is -2.09. The molecular weight excluding hydrogens is 335 g/mol. The van der Waals surface area contributed by atoms with E-state index in [-0.39, 0.29) is 10.7 Å². The average Bonchev–Trinajstić information content (AvgIpc) is 2.58. The first-order valence-corrected chi connectivity index (χ1v) is 7.80. The van der Waals surface area contributed by atoms with Gasteiger partial charge < -0.3 is 0 Å². The molecule has 2 aromatic carbocycles. The van der Waals surface area contributed by atoms with Crippen molar-refractivity contribution in [3.8, 4) is 12.1 Å². The lowest BCUT2D eigenvalue weighted by molar-refractivity contribution is 0.618. The highest BCUT2D eigenvalue weighted by atomic mass is 35.5. The molecule has 0 saturated carbocycles. The number of hydrogen-bond donors (Lipinski definition) is 1. The maximum absolute atomic E-state index is 13.9. The first kappa shape index (κ1) is 16.8. The Morgan fingerprint density at radius 1 is 1.17 bits per heavy atom. The molecule has 0 radical (unpaired) electrons. The quantitative estimate of drug-likeness (QED) is 0.489. The van der Waals surface area contributed by atoms with E-state index in [1.54, 1.807) is 36.4 Å². The van der Waals surface area contributed by atoms with Crippen LogP contribution in [0.4, 0.5) is 10.1 Å². The third kappa shape index (κ3) is 4.46. The molecule has 0 spiro atoms. The van der Waals surface area contributed by atoms with Gasteiger partial charge in [-0.05, 0) is 23.8 Å². The third-order valence-corrected chi connectivity index (χ3v) is 4.22. The molecule has 0 heterocycles. The summed E-state index contributed by atoms with van der Waals surface area (Å²) in [6.07, 6.45) is 0. The fourth-order valence-corrected chi connectivity index (χ4v) is 2.86. The summed E-state index contributed by atoms with van der Waals surface area (Å²) in [4.78, 5) is 0.811. The minimum atomic E-state index is -0.429. The van der Waals surface area contributed by atoms with E-state index in [0.29, 0.717) is 17.0 Å². The first-order chi connectivity index (χ1) is 11.2. The van der Waals surface area contributed by atoms with Crippen molar-refractivity contribution in [2.24, 2.45) is 5.10 Å². The van der Waals surface area contributed by atoms with Crippen molar-refractivity contribution in [3.63, 3.8) is 0 Å². The fourth-order valence-electron chi connectivity index (χ4n) is 1.69. The molecule has 4 nitrogen and oxygen atoms in total. The number of hydrazone groups is 1. The van der Waals surface area contributed by atoms with Gasteiger partial charge in [-0.25, -0.2) is 4.39 Å². The molecular formula is C16H10ClFN4S. The van der Waals surface area contributed by atoms with Gasteiger partial charge in [0.05, 0.1) is 10.7 Å². The molecule has 0 atom stereocenters. The summed E-state index contributed by atoms with van der Waals surface area (Å²) in [6.45, 7) is 0. The summed E-state index contributed by atoms with van der Waals surface area (Å²) in [5.74, 6) is -0.0422. The van der Waals surface area contributed by atoms with Crippen LogP contribution in [-0.4, -0.2) is 5.71 Å². The normalized spacial score (nSPS) is 9.57. The van der Waals surface area contributed by atoms with Gasteiger partial charge in [0, 0.05) is 10.6 Å². The van der Waals surface area contributed by atoms with Gasteiger partial charge in [0.1, 0.15) is 18.0 Å². The van der Waals surface area contributed by atoms with Crippen LogP contribution >= 0.6 is 23.4 Å². The van der Waals surface area contributed by atoms with Crippen molar-refractivity contribution in [2.75, 3.05) is 5.43 Å². The zero-order valence-electron chi connectivity index (χ0n) is 11.8. The number of nitrogens with one attached hydrogen (secondary N) is 1. The Hall–Kier alpha value is -2.54. The van der Waals surface area contributed by atoms with E-state index in [2.05, 4.69) is 10.5 Å². The molecule has 2 rings (SSSR count). The highest BCUT2D eigenvalue weighted by Gasteiger charge is 2.08. The van der Waals surface area contributed by atoms with E-state index in [4.69, 9.17) is 22.1 Å². The molecule has 2 aromatic rings. The van der Waals surface area contributed by atoms with Crippen LogP contribution in [0, 0.1) is 28.5 Å². The Balaban J connectivity index is 2.15. The maximum Gasteiger partial charge on any atom is 0.237 e. The standard InChI is InChI=1S/C16H10ClFN4S/c17-13-5-3-4-11(16(13)18)10-23-15-7-2-1-6-14(15)22-21-12(8-19)9-20/h1-7,22H,10H2. The van der Waals surface area contributed by atoms with Gasteiger partial charge in [-0.15, -0.1) is 11.8 Å². The summed E-state index contributed by atoms with van der Waals surface area (Å²) in [5.41, 5.74) is 3.53. The van der Waals surface area contributed by atoms with Crippen molar-refractivity contribution in [1.29, 1.82) is 10.5 Å². The lowest BCUT2D eigenvalue weighted by atomic mass is 10.2. The van der Waals surface area contributed by atoms with Gasteiger partial charge >= 0.3 is 0 Å². The molecule has 0 saturated heterocycles. The zero-order valence-corrected chi connectivity index (χ0v) is 13.3. The molecule has 0 aromatic heterocycles. The van der Waals surface area contributed by atoms with Crippen molar-refractivity contribution in [3.05, 3.63) is 58.9 Å². The van der Waals surface area contributed by atoms with Crippen LogP contribution in [0.1, 0.15) is 5.56 Å². The second-order valence-electron chi connectivity index (χ2n) is 4.29. The summed E-state index contributed by atoms with van der Waals surface area (Å²) < 4.78 is 13.9. The number of rotatable bonds is 5. The van der Waals surface area contributed by atoms with Gasteiger partial charge in [-0.2, -0.15) is 15.6 Å². The molecule has 1 N–H and O–H groups in total. The molecule has 0 aliphatic heterocycles. The van der Waals surface area contributed by atoms with Crippen molar-refractivity contribution in [2.45, 2.75) is 10.6 Å². The van der Waals surface area contributed by atoms with E-state index in [1.807, 2.05) is 12.1 Å². The van der Waals surface area contributed by atoms with Crippen LogP contribution in [0.3, 0.4) is 0 Å². The number of hydrogen-bond acceptors (Lipinski definition) is 5. The summed E-state index contributed by atoms with van der Waals surface area (Å²) in [6, 6.07) is 15.4. The van der Waals surface area contributed by atoms with Crippen molar-refractivity contribution >= 4 is 34.8 Å². The molecule has 0 fully saturated rings. The molecule has 0 aliphatic rings. The Morgan fingerprint density at radius 2 is 1.91 bits per heavy atom. The second-order valence-corrected chi connectivity index (χ2v) is 5.72. The predicted octanol–water partition coefficient (Wildman–Crippen LogP) is 4.59. The smallest absolute Gasteiger partial charge is 0.237 e. The number of benzene rings is 2. The highest BCUT2D eigenvalue weighted by molar-refractivity contribution is 7.98. The number of nitrogens with zero attached hydrogens (tertiary/aromatic N) is 3.